The molecule has 0 spiro atoms. The number of benzene rings is 1. The molecule has 7 heteroatoms. The van der Waals surface area contributed by atoms with Crippen LogP contribution in [0.25, 0.3) is 0 Å². The van der Waals surface area contributed by atoms with E-state index in [4.69, 9.17) is 5.73 Å². The van der Waals surface area contributed by atoms with Gasteiger partial charge in [-0.3, -0.25) is 4.79 Å². The number of carbonyl (C=O) groups is 1. The molecule has 0 aliphatic rings. The molecule has 1 atom stereocenters. The number of amides is 1. The lowest BCUT2D eigenvalue weighted by molar-refractivity contribution is -0.123. The second kappa shape index (κ2) is 7.02. The van der Waals surface area contributed by atoms with Gasteiger partial charge >= 0.3 is 0 Å². The molecule has 0 bridgehead atoms. The van der Waals surface area contributed by atoms with E-state index in [2.05, 4.69) is 5.32 Å². The lowest BCUT2D eigenvalue weighted by atomic mass is 10.0. The third-order valence-corrected chi connectivity index (χ3v) is 5.12. The largest absolute Gasteiger partial charge is 0.351 e. The highest BCUT2D eigenvalue weighted by Gasteiger charge is 2.22. The summed E-state index contributed by atoms with van der Waals surface area (Å²) in [6.07, 6.45) is 0. The summed E-state index contributed by atoms with van der Waals surface area (Å²) in [5, 5.41) is 2.68. The highest BCUT2D eigenvalue weighted by atomic mass is 32.2. The summed E-state index contributed by atoms with van der Waals surface area (Å²) in [5.41, 5.74) is 6.30. The molecule has 0 heterocycles. The van der Waals surface area contributed by atoms with E-state index in [0.717, 1.165) is 4.31 Å². The molecule has 21 heavy (non-hydrogen) atoms. The number of nitrogens with zero attached hydrogens (tertiary/aromatic N) is 1. The molecule has 0 unspecified atom stereocenters. The van der Waals surface area contributed by atoms with Crippen molar-refractivity contribution in [1.29, 1.82) is 0 Å². The third kappa shape index (κ3) is 4.26. The molecule has 0 saturated heterocycles. The number of sulfonamides is 1. The van der Waals surface area contributed by atoms with Gasteiger partial charge in [-0.1, -0.05) is 32.0 Å². The number of nitrogens with two attached hydrogens (primary N) is 1. The van der Waals surface area contributed by atoms with Gasteiger partial charge in [0.15, 0.2) is 0 Å². The van der Waals surface area contributed by atoms with Gasteiger partial charge in [-0.05, 0) is 17.5 Å². The van der Waals surface area contributed by atoms with Crippen molar-refractivity contribution in [2.24, 2.45) is 11.7 Å². The molecule has 0 aliphatic heterocycles. The van der Waals surface area contributed by atoms with Crippen LogP contribution in [0.15, 0.2) is 29.2 Å². The van der Waals surface area contributed by atoms with Crippen LogP contribution < -0.4 is 11.1 Å². The van der Waals surface area contributed by atoms with Gasteiger partial charge in [0.05, 0.1) is 10.9 Å². The molecule has 1 aromatic carbocycles. The first-order valence-electron chi connectivity index (χ1n) is 6.71. The normalized spacial score (nSPS) is 13.5. The molecule has 6 nitrogen and oxygen atoms in total. The summed E-state index contributed by atoms with van der Waals surface area (Å²) in [4.78, 5) is 12.0. The summed E-state index contributed by atoms with van der Waals surface area (Å²) < 4.78 is 25.6. The lowest BCUT2D eigenvalue weighted by Crippen LogP contribution is -2.43. The fourth-order valence-electron chi connectivity index (χ4n) is 1.70. The Morgan fingerprint density at radius 1 is 1.29 bits per heavy atom. The van der Waals surface area contributed by atoms with E-state index in [9.17, 15) is 13.2 Å². The summed E-state index contributed by atoms with van der Waals surface area (Å²) in [6, 6.07) is 5.99. The maximum atomic E-state index is 12.2. The van der Waals surface area contributed by atoms with E-state index in [1.807, 2.05) is 13.8 Å². The van der Waals surface area contributed by atoms with Gasteiger partial charge < -0.3 is 11.1 Å². The third-order valence-electron chi connectivity index (χ3n) is 3.21. The highest BCUT2D eigenvalue weighted by Crippen LogP contribution is 2.18. The molecule has 1 rings (SSSR count). The van der Waals surface area contributed by atoms with Crippen molar-refractivity contribution in [1.82, 2.24) is 9.62 Å². The molecule has 1 aromatic rings. The molecule has 0 aliphatic carbocycles. The van der Waals surface area contributed by atoms with Crippen molar-refractivity contribution in [3.05, 3.63) is 29.8 Å². The molecular weight excluding hydrogens is 290 g/mol. The van der Waals surface area contributed by atoms with Gasteiger partial charge in [-0.2, -0.15) is 0 Å². The predicted molar refractivity (Wildman–Crippen MR) is 82.0 cm³/mol. The Hall–Kier alpha value is -1.44. The van der Waals surface area contributed by atoms with Crippen LogP contribution in [0.3, 0.4) is 0 Å². The number of hydrogen-bond acceptors (Lipinski definition) is 4. The maximum Gasteiger partial charge on any atom is 0.242 e. The Bertz CT molecular complexity index is 597. The summed E-state index contributed by atoms with van der Waals surface area (Å²) in [5.74, 6) is -0.271. The predicted octanol–water partition coefficient (Wildman–Crippen LogP) is 0.536. The van der Waals surface area contributed by atoms with E-state index >= 15 is 0 Å². The Balaban J connectivity index is 2.94. The minimum Gasteiger partial charge on any atom is -0.351 e. The van der Waals surface area contributed by atoms with Crippen LogP contribution in [-0.2, 0) is 21.4 Å². The van der Waals surface area contributed by atoms with E-state index in [0.29, 0.717) is 5.56 Å². The van der Waals surface area contributed by atoms with Crippen LogP contribution in [0.2, 0.25) is 0 Å². The highest BCUT2D eigenvalue weighted by molar-refractivity contribution is 7.89. The van der Waals surface area contributed by atoms with Gasteiger partial charge in [-0.25, -0.2) is 12.7 Å². The quantitative estimate of drug-likeness (QED) is 0.801. The first-order valence-corrected chi connectivity index (χ1v) is 8.15. The topological polar surface area (TPSA) is 92.5 Å². The molecule has 0 radical (unpaired) electrons. The summed E-state index contributed by atoms with van der Waals surface area (Å²) in [7, 11) is -0.598. The zero-order valence-corrected chi connectivity index (χ0v) is 13.6. The van der Waals surface area contributed by atoms with Crippen LogP contribution in [0, 0.1) is 5.92 Å². The van der Waals surface area contributed by atoms with Gasteiger partial charge in [0.25, 0.3) is 0 Å². The number of rotatable bonds is 6. The maximum absolute atomic E-state index is 12.2. The zero-order valence-electron chi connectivity index (χ0n) is 12.8. The average Bonchev–Trinajstić information content (AvgIpc) is 2.43. The van der Waals surface area contributed by atoms with Crippen LogP contribution in [-0.4, -0.2) is 38.8 Å². The lowest BCUT2D eigenvalue weighted by Gasteiger charge is -2.18. The number of carbonyl (C=O) groups excluding carboxylic acids is 1. The first-order chi connectivity index (χ1) is 9.67. The number of nitrogens with one attached hydrogen (secondary N) is 1. The Morgan fingerprint density at radius 3 is 2.38 bits per heavy atom. The molecule has 1 amide bonds. The van der Waals surface area contributed by atoms with E-state index in [1.54, 1.807) is 18.2 Å². The van der Waals surface area contributed by atoms with Gasteiger partial charge in [0.1, 0.15) is 0 Å². The Labute approximate surface area is 126 Å². The molecular formula is C14H23N3O3S. The second-order valence-electron chi connectivity index (χ2n) is 5.38. The van der Waals surface area contributed by atoms with Crippen LogP contribution in [0.1, 0.15) is 19.4 Å². The minimum absolute atomic E-state index is 0.0192. The van der Waals surface area contributed by atoms with Crippen LogP contribution in [0.5, 0.6) is 0 Å². The van der Waals surface area contributed by atoms with Crippen molar-refractivity contribution in [2.45, 2.75) is 31.3 Å². The summed E-state index contributed by atoms with van der Waals surface area (Å²) in [6.45, 7) is 3.84. The van der Waals surface area contributed by atoms with Crippen molar-refractivity contribution in [3.63, 3.8) is 0 Å². The van der Waals surface area contributed by atoms with Crippen molar-refractivity contribution in [2.75, 3.05) is 14.1 Å². The fraction of sp³-hybridized carbons (Fsp3) is 0.500. The SMILES string of the molecule is CC(C)[C@H](N)C(=O)NCc1ccccc1S(=O)(=O)N(C)C. The first kappa shape index (κ1) is 17.6. The molecule has 0 aromatic heterocycles. The molecule has 3 N–H and O–H groups in total. The Kier molecular flexibility index (Phi) is 5.88. The summed E-state index contributed by atoms with van der Waals surface area (Å²) >= 11 is 0. The number of hydrogen-bond donors (Lipinski definition) is 2. The smallest absolute Gasteiger partial charge is 0.242 e. The zero-order chi connectivity index (χ0) is 16.2. The van der Waals surface area contributed by atoms with E-state index in [-0.39, 0.29) is 23.3 Å². The van der Waals surface area contributed by atoms with E-state index in [1.165, 1.54) is 20.2 Å². The molecule has 0 saturated carbocycles. The standard InChI is InChI=1S/C14H23N3O3S/c1-10(2)13(15)14(18)16-9-11-7-5-6-8-12(11)21(19,20)17(3)4/h5-8,10,13H,9,15H2,1-4H3,(H,16,18)/t13-/m0/s1. The minimum atomic E-state index is -3.54. The van der Waals surface area contributed by atoms with E-state index < -0.39 is 16.1 Å². The monoisotopic (exact) mass is 313 g/mol. The van der Waals surface area contributed by atoms with Crippen molar-refractivity contribution >= 4 is 15.9 Å². The molecule has 0 fully saturated rings. The second-order valence-corrected chi connectivity index (χ2v) is 7.50. The average molecular weight is 313 g/mol. The van der Waals surface area contributed by atoms with Gasteiger partial charge in [-0.15, -0.1) is 0 Å². The van der Waals surface area contributed by atoms with Crippen molar-refractivity contribution in [3.8, 4) is 0 Å². The van der Waals surface area contributed by atoms with Crippen molar-refractivity contribution < 1.29 is 13.2 Å². The molecule has 118 valence electrons. The van der Waals surface area contributed by atoms with Crippen LogP contribution >= 0.6 is 0 Å². The van der Waals surface area contributed by atoms with Crippen LogP contribution in [0.4, 0.5) is 0 Å². The van der Waals surface area contributed by atoms with Gasteiger partial charge in [0, 0.05) is 20.6 Å². The Morgan fingerprint density at radius 2 is 1.86 bits per heavy atom. The van der Waals surface area contributed by atoms with Gasteiger partial charge in [0.2, 0.25) is 15.9 Å². The fourth-order valence-corrected chi connectivity index (χ4v) is 2.82.